The molecule has 1 unspecified atom stereocenters. The van der Waals surface area contributed by atoms with E-state index in [1.165, 1.54) is 0 Å². The first-order chi connectivity index (χ1) is 8.69. The molecule has 1 rings (SSSR count). The fourth-order valence-corrected chi connectivity index (χ4v) is 1.58. The first-order valence-corrected chi connectivity index (χ1v) is 6.19. The first kappa shape index (κ1) is 14.0. The fraction of sp³-hybridized carbons (Fsp3) is 0.429. The zero-order valence-corrected chi connectivity index (χ0v) is 10.9. The van der Waals surface area contributed by atoms with Gasteiger partial charge in [0.2, 0.25) is 0 Å². The highest BCUT2D eigenvalue weighted by atomic mass is 16.1. The minimum atomic E-state index is -0.142. The normalized spacial score (nSPS) is 11.4. The Kier molecular flexibility index (Phi) is 5.72. The Morgan fingerprint density at radius 3 is 2.83 bits per heavy atom. The summed E-state index contributed by atoms with van der Waals surface area (Å²) in [6.45, 7) is 4.73. The molecule has 0 aromatic heterocycles. The molecule has 0 aliphatic carbocycles. The molecule has 1 atom stereocenters. The second-order valence-electron chi connectivity index (χ2n) is 4.21. The molecule has 0 fully saturated rings. The minimum absolute atomic E-state index is 0.137. The van der Waals surface area contributed by atoms with E-state index in [4.69, 9.17) is 5.26 Å². The van der Waals surface area contributed by atoms with Crippen LogP contribution >= 0.6 is 0 Å². The Balaban J connectivity index is 2.75. The molecule has 1 aromatic carbocycles. The minimum Gasteiger partial charge on any atom is -0.384 e. The number of benzene rings is 1. The van der Waals surface area contributed by atoms with Gasteiger partial charge in [-0.05, 0) is 25.5 Å². The number of amides is 1. The van der Waals surface area contributed by atoms with Gasteiger partial charge in [0.15, 0.2) is 0 Å². The average Bonchev–Trinajstić information content (AvgIpc) is 2.36. The molecule has 0 radical (unpaired) electrons. The predicted molar refractivity (Wildman–Crippen MR) is 72.4 cm³/mol. The van der Waals surface area contributed by atoms with Gasteiger partial charge in [0, 0.05) is 18.3 Å². The maximum Gasteiger partial charge on any atom is 0.253 e. The average molecular weight is 245 g/mol. The smallest absolute Gasteiger partial charge is 0.253 e. The highest BCUT2D eigenvalue weighted by Gasteiger charge is 2.12. The van der Waals surface area contributed by atoms with E-state index in [1.54, 1.807) is 6.07 Å². The molecule has 0 bridgehead atoms. The first-order valence-electron chi connectivity index (χ1n) is 6.19. The lowest BCUT2D eigenvalue weighted by atomic mass is 10.1. The van der Waals surface area contributed by atoms with Crippen LogP contribution in [0.2, 0.25) is 0 Å². The number of carbonyl (C=O) groups is 1. The summed E-state index contributed by atoms with van der Waals surface area (Å²) in [6.07, 6.45) is 1.32. The number of para-hydroxylation sites is 1. The van der Waals surface area contributed by atoms with Crippen LogP contribution in [-0.2, 0) is 0 Å². The Labute approximate surface area is 108 Å². The molecule has 0 saturated heterocycles. The van der Waals surface area contributed by atoms with E-state index < -0.39 is 0 Å². The molecule has 0 heterocycles. The molecular formula is C14H19N3O. The van der Waals surface area contributed by atoms with Crippen molar-refractivity contribution in [1.82, 2.24) is 5.32 Å². The van der Waals surface area contributed by atoms with Crippen molar-refractivity contribution < 1.29 is 4.79 Å². The van der Waals surface area contributed by atoms with Crippen LogP contribution in [0.1, 0.15) is 37.0 Å². The molecule has 1 aromatic rings. The lowest BCUT2D eigenvalue weighted by Gasteiger charge is -2.14. The van der Waals surface area contributed by atoms with E-state index in [-0.39, 0.29) is 11.9 Å². The van der Waals surface area contributed by atoms with Crippen LogP contribution in [0.5, 0.6) is 0 Å². The summed E-state index contributed by atoms with van der Waals surface area (Å²) >= 11 is 0. The number of nitrogens with one attached hydrogen (secondary N) is 2. The number of nitrogens with zero attached hydrogens (tertiary/aromatic N) is 1. The summed E-state index contributed by atoms with van der Waals surface area (Å²) in [4.78, 5) is 12.1. The van der Waals surface area contributed by atoms with Gasteiger partial charge in [0.1, 0.15) is 0 Å². The summed E-state index contributed by atoms with van der Waals surface area (Å²) in [5, 5.41) is 14.6. The molecule has 4 heteroatoms. The van der Waals surface area contributed by atoms with Crippen LogP contribution < -0.4 is 10.6 Å². The van der Waals surface area contributed by atoms with Crippen molar-refractivity contribution in [2.24, 2.45) is 0 Å². The molecule has 96 valence electrons. The molecular weight excluding hydrogens is 226 g/mol. The van der Waals surface area contributed by atoms with E-state index in [9.17, 15) is 4.79 Å². The quantitative estimate of drug-likeness (QED) is 0.809. The van der Waals surface area contributed by atoms with Crippen molar-refractivity contribution in [3.05, 3.63) is 29.8 Å². The van der Waals surface area contributed by atoms with Gasteiger partial charge in [-0.2, -0.15) is 5.26 Å². The maximum atomic E-state index is 12.1. The van der Waals surface area contributed by atoms with Crippen LogP contribution in [0.25, 0.3) is 0 Å². The van der Waals surface area contributed by atoms with E-state index in [2.05, 4.69) is 17.6 Å². The molecule has 0 spiro atoms. The topological polar surface area (TPSA) is 64.9 Å². The van der Waals surface area contributed by atoms with Crippen molar-refractivity contribution in [3.8, 4) is 6.07 Å². The summed E-state index contributed by atoms with van der Waals surface area (Å²) in [7, 11) is 0. The zero-order valence-electron chi connectivity index (χ0n) is 10.9. The van der Waals surface area contributed by atoms with Gasteiger partial charge in [-0.15, -0.1) is 0 Å². The molecule has 1 amide bonds. The van der Waals surface area contributed by atoms with Crippen LogP contribution in [0.4, 0.5) is 5.69 Å². The Morgan fingerprint density at radius 1 is 1.44 bits per heavy atom. The van der Waals surface area contributed by atoms with E-state index in [1.807, 2.05) is 31.2 Å². The molecule has 0 aliphatic rings. The molecule has 2 N–H and O–H groups in total. The van der Waals surface area contributed by atoms with Gasteiger partial charge < -0.3 is 10.6 Å². The fourth-order valence-electron chi connectivity index (χ4n) is 1.58. The van der Waals surface area contributed by atoms with Gasteiger partial charge in [0.05, 0.1) is 18.1 Å². The predicted octanol–water partition coefficient (Wildman–Crippen LogP) is 2.54. The lowest BCUT2D eigenvalue weighted by molar-refractivity contribution is 0.0941. The number of nitriles is 1. The highest BCUT2D eigenvalue weighted by Crippen LogP contribution is 2.15. The van der Waals surface area contributed by atoms with Gasteiger partial charge >= 0.3 is 0 Å². The van der Waals surface area contributed by atoms with Crippen molar-refractivity contribution in [1.29, 1.82) is 5.26 Å². The summed E-state index contributed by atoms with van der Waals surface area (Å²) in [5.74, 6) is -0.142. The van der Waals surface area contributed by atoms with Gasteiger partial charge in [-0.25, -0.2) is 0 Å². The summed E-state index contributed by atoms with van der Waals surface area (Å²) in [6, 6.07) is 9.31. The van der Waals surface area contributed by atoms with Crippen molar-refractivity contribution >= 4 is 11.6 Å². The third-order valence-corrected chi connectivity index (χ3v) is 2.51. The zero-order chi connectivity index (χ0) is 13.4. The third-order valence-electron chi connectivity index (χ3n) is 2.51. The van der Waals surface area contributed by atoms with Gasteiger partial charge in [-0.3, -0.25) is 4.79 Å². The van der Waals surface area contributed by atoms with Gasteiger partial charge in [-0.1, -0.05) is 19.1 Å². The number of anilines is 1. The molecule has 18 heavy (non-hydrogen) atoms. The molecule has 0 aliphatic heterocycles. The van der Waals surface area contributed by atoms with E-state index >= 15 is 0 Å². The standard InChI is InChI=1S/C14H19N3O/c1-3-10-16-13-7-5-4-6-12(13)14(18)17-11(2)8-9-15/h4-7,11,16H,3,8,10H2,1-2H3,(H,17,18). The SMILES string of the molecule is CCCNc1ccccc1C(=O)NC(C)CC#N. The number of rotatable bonds is 6. The molecule has 0 saturated carbocycles. The summed E-state index contributed by atoms with van der Waals surface area (Å²) < 4.78 is 0. The number of hydrogen-bond acceptors (Lipinski definition) is 3. The van der Waals surface area contributed by atoms with Crippen molar-refractivity contribution in [2.75, 3.05) is 11.9 Å². The van der Waals surface area contributed by atoms with Crippen molar-refractivity contribution in [2.45, 2.75) is 32.7 Å². The second kappa shape index (κ2) is 7.33. The van der Waals surface area contributed by atoms with Crippen LogP contribution in [-0.4, -0.2) is 18.5 Å². The Bertz CT molecular complexity index is 437. The van der Waals surface area contributed by atoms with Crippen molar-refractivity contribution in [3.63, 3.8) is 0 Å². The Morgan fingerprint density at radius 2 is 2.17 bits per heavy atom. The van der Waals surface area contributed by atoms with Gasteiger partial charge in [0.25, 0.3) is 5.91 Å². The molecule has 4 nitrogen and oxygen atoms in total. The number of hydrogen-bond donors (Lipinski definition) is 2. The summed E-state index contributed by atoms with van der Waals surface area (Å²) in [5.41, 5.74) is 1.46. The third kappa shape index (κ3) is 4.10. The monoisotopic (exact) mass is 245 g/mol. The van der Waals surface area contributed by atoms with E-state index in [0.29, 0.717) is 12.0 Å². The lowest BCUT2D eigenvalue weighted by Crippen LogP contribution is -2.32. The Hall–Kier alpha value is -2.02. The van der Waals surface area contributed by atoms with Crippen LogP contribution in [0.3, 0.4) is 0 Å². The largest absolute Gasteiger partial charge is 0.384 e. The number of carbonyl (C=O) groups excluding carboxylic acids is 1. The van der Waals surface area contributed by atoms with Crippen LogP contribution in [0.15, 0.2) is 24.3 Å². The second-order valence-corrected chi connectivity index (χ2v) is 4.21. The maximum absolute atomic E-state index is 12.1. The highest BCUT2D eigenvalue weighted by molar-refractivity contribution is 5.99. The van der Waals surface area contributed by atoms with Crippen LogP contribution in [0, 0.1) is 11.3 Å². The van der Waals surface area contributed by atoms with E-state index in [0.717, 1.165) is 18.7 Å².